The van der Waals surface area contributed by atoms with Crippen molar-refractivity contribution in [2.45, 2.75) is 33.7 Å². The third kappa shape index (κ3) is 5.89. The van der Waals surface area contributed by atoms with Crippen molar-refractivity contribution in [3.05, 3.63) is 24.2 Å². The van der Waals surface area contributed by atoms with Crippen molar-refractivity contribution in [2.75, 3.05) is 26.7 Å². The van der Waals surface area contributed by atoms with Gasteiger partial charge in [0, 0.05) is 13.1 Å². The predicted molar refractivity (Wildman–Crippen MR) is 72.0 cm³/mol. The molecule has 0 saturated heterocycles. The van der Waals surface area contributed by atoms with Crippen molar-refractivity contribution in [3.63, 3.8) is 0 Å². The Morgan fingerprint density at radius 1 is 1.41 bits per heavy atom. The standard InChI is InChI=1S/C14H26N2O/c1-5-8-15-11-14(2,3)12-16(4)10-13-7-6-9-17-13/h6-7,9,15H,5,8,10-12H2,1-4H3. The third-order valence-corrected chi connectivity index (χ3v) is 2.73. The molecule has 0 bridgehead atoms. The van der Waals surface area contributed by atoms with E-state index in [-0.39, 0.29) is 5.41 Å². The van der Waals surface area contributed by atoms with Crippen molar-refractivity contribution in [1.82, 2.24) is 10.2 Å². The van der Waals surface area contributed by atoms with E-state index < -0.39 is 0 Å². The van der Waals surface area contributed by atoms with E-state index in [1.165, 1.54) is 6.42 Å². The van der Waals surface area contributed by atoms with Crippen molar-refractivity contribution < 1.29 is 4.42 Å². The summed E-state index contributed by atoms with van der Waals surface area (Å²) in [6, 6.07) is 3.97. The van der Waals surface area contributed by atoms with Gasteiger partial charge < -0.3 is 9.73 Å². The number of furan rings is 1. The number of hydrogen-bond donors (Lipinski definition) is 1. The van der Waals surface area contributed by atoms with Gasteiger partial charge in [-0.15, -0.1) is 0 Å². The van der Waals surface area contributed by atoms with Gasteiger partial charge in [0.2, 0.25) is 0 Å². The first-order chi connectivity index (χ1) is 8.03. The van der Waals surface area contributed by atoms with E-state index in [0.717, 1.165) is 31.9 Å². The summed E-state index contributed by atoms with van der Waals surface area (Å²) in [5.74, 6) is 1.03. The first-order valence-electron chi connectivity index (χ1n) is 6.45. The summed E-state index contributed by atoms with van der Waals surface area (Å²) >= 11 is 0. The lowest BCUT2D eigenvalue weighted by Crippen LogP contribution is -2.38. The van der Waals surface area contributed by atoms with Crippen molar-refractivity contribution in [1.29, 1.82) is 0 Å². The lowest BCUT2D eigenvalue weighted by molar-refractivity contribution is 0.189. The summed E-state index contributed by atoms with van der Waals surface area (Å²) in [6.45, 7) is 10.9. The van der Waals surface area contributed by atoms with Crippen LogP contribution in [0.15, 0.2) is 22.8 Å². The van der Waals surface area contributed by atoms with Gasteiger partial charge in [-0.25, -0.2) is 0 Å². The summed E-state index contributed by atoms with van der Waals surface area (Å²) in [5, 5.41) is 3.49. The molecule has 0 fully saturated rings. The maximum Gasteiger partial charge on any atom is 0.117 e. The number of nitrogens with zero attached hydrogens (tertiary/aromatic N) is 1. The Kier molecular flexibility index (Phi) is 5.72. The second-order valence-electron chi connectivity index (χ2n) is 5.59. The summed E-state index contributed by atoms with van der Waals surface area (Å²) in [7, 11) is 2.14. The minimum absolute atomic E-state index is 0.288. The smallest absolute Gasteiger partial charge is 0.117 e. The molecule has 0 aliphatic heterocycles. The molecule has 3 nitrogen and oxygen atoms in total. The molecule has 0 aliphatic carbocycles. The van der Waals surface area contributed by atoms with Crippen LogP contribution in [0, 0.1) is 5.41 Å². The molecule has 1 aromatic rings. The average molecular weight is 238 g/mol. The van der Waals surface area contributed by atoms with Crippen LogP contribution in [0.25, 0.3) is 0 Å². The highest BCUT2D eigenvalue weighted by atomic mass is 16.3. The molecular formula is C14H26N2O. The maximum absolute atomic E-state index is 5.36. The molecule has 0 aromatic carbocycles. The van der Waals surface area contributed by atoms with Gasteiger partial charge in [-0.05, 0) is 37.6 Å². The van der Waals surface area contributed by atoms with Crippen LogP contribution in [-0.4, -0.2) is 31.6 Å². The van der Waals surface area contributed by atoms with E-state index in [2.05, 4.69) is 38.0 Å². The molecule has 1 heterocycles. The van der Waals surface area contributed by atoms with E-state index in [9.17, 15) is 0 Å². The summed E-state index contributed by atoms with van der Waals surface area (Å²) in [5.41, 5.74) is 0.288. The lowest BCUT2D eigenvalue weighted by Gasteiger charge is -2.30. The second kappa shape index (κ2) is 6.82. The lowest BCUT2D eigenvalue weighted by atomic mass is 9.92. The van der Waals surface area contributed by atoms with Crippen molar-refractivity contribution in [3.8, 4) is 0 Å². The van der Waals surface area contributed by atoms with Crippen LogP contribution < -0.4 is 5.32 Å². The normalized spacial score (nSPS) is 12.3. The fraction of sp³-hybridized carbons (Fsp3) is 0.714. The molecule has 0 radical (unpaired) electrons. The summed E-state index contributed by atoms with van der Waals surface area (Å²) in [6.07, 6.45) is 2.93. The fourth-order valence-electron chi connectivity index (χ4n) is 2.11. The van der Waals surface area contributed by atoms with Gasteiger partial charge >= 0.3 is 0 Å². The molecule has 0 atom stereocenters. The first kappa shape index (κ1) is 14.3. The van der Waals surface area contributed by atoms with Crippen molar-refractivity contribution in [2.24, 2.45) is 5.41 Å². The summed E-state index contributed by atoms with van der Waals surface area (Å²) < 4.78 is 5.36. The number of rotatable bonds is 8. The van der Waals surface area contributed by atoms with Gasteiger partial charge in [-0.2, -0.15) is 0 Å². The highest BCUT2D eigenvalue weighted by Crippen LogP contribution is 2.16. The van der Waals surface area contributed by atoms with Crippen LogP contribution in [0.3, 0.4) is 0 Å². The molecule has 0 unspecified atom stereocenters. The van der Waals surface area contributed by atoms with E-state index in [1.807, 2.05) is 12.1 Å². The van der Waals surface area contributed by atoms with Crippen molar-refractivity contribution >= 4 is 0 Å². The van der Waals surface area contributed by atoms with Crippen LogP contribution in [0.4, 0.5) is 0 Å². The van der Waals surface area contributed by atoms with Crippen LogP contribution in [0.1, 0.15) is 33.0 Å². The Labute approximate surface area is 105 Å². The fourth-order valence-corrected chi connectivity index (χ4v) is 2.11. The van der Waals surface area contributed by atoms with Crippen LogP contribution >= 0.6 is 0 Å². The Balaban J connectivity index is 2.30. The largest absolute Gasteiger partial charge is 0.468 e. The van der Waals surface area contributed by atoms with Gasteiger partial charge in [0.25, 0.3) is 0 Å². The van der Waals surface area contributed by atoms with Gasteiger partial charge in [-0.3, -0.25) is 4.90 Å². The molecular weight excluding hydrogens is 212 g/mol. The third-order valence-electron chi connectivity index (χ3n) is 2.73. The van der Waals surface area contributed by atoms with Crippen LogP contribution in [0.2, 0.25) is 0 Å². The van der Waals surface area contributed by atoms with Gasteiger partial charge in [0.1, 0.15) is 5.76 Å². The molecule has 1 rings (SSSR count). The molecule has 1 aromatic heterocycles. The number of nitrogens with one attached hydrogen (secondary N) is 1. The molecule has 0 saturated carbocycles. The average Bonchev–Trinajstić information content (AvgIpc) is 2.69. The summed E-state index contributed by atoms with van der Waals surface area (Å²) in [4.78, 5) is 2.31. The number of hydrogen-bond acceptors (Lipinski definition) is 3. The second-order valence-corrected chi connectivity index (χ2v) is 5.59. The highest BCUT2D eigenvalue weighted by Gasteiger charge is 2.19. The minimum atomic E-state index is 0.288. The first-order valence-corrected chi connectivity index (χ1v) is 6.45. The van der Waals surface area contributed by atoms with E-state index in [4.69, 9.17) is 4.42 Å². The topological polar surface area (TPSA) is 28.4 Å². The Bertz CT molecular complexity index is 293. The zero-order chi connectivity index (χ0) is 12.7. The Hall–Kier alpha value is -0.800. The molecule has 0 spiro atoms. The van der Waals surface area contributed by atoms with Gasteiger partial charge in [0.05, 0.1) is 12.8 Å². The molecule has 17 heavy (non-hydrogen) atoms. The predicted octanol–water partition coefficient (Wildman–Crippen LogP) is 2.74. The Morgan fingerprint density at radius 2 is 2.18 bits per heavy atom. The monoisotopic (exact) mass is 238 g/mol. The Morgan fingerprint density at radius 3 is 2.76 bits per heavy atom. The van der Waals surface area contributed by atoms with Crippen LogP contribution in [0.5, 0.6) is 0 Å². The molecule has 0 aliphatic rings. The minimum Gasteiger partial charge on any atom is -0.468 e. The maximum atomic E-state index is 5.36. The zero-order valence-electron chi connectivity index (χ0n) is 11.6. The zero-order valence-corrected chi connectivity index (χ0v) is 11.6. The van der Waals surface area contributed by atoms with Gasteiger partial charge in [0.15, 0.2) is 0 Å². The van der Waals surface area contributed by atoms with E-state index >= 15 is 0 Å². The van der Waals surface area contributed by atoms with Gasteiger partial charge in [-0.1, -0.05) is 20.8 Å². The molecule has 98 valence electrons. The van der Waals surface area contributed by atoms with Crippen LogP contribution in [-0.2, 0) is 6.54 Å². The quantitative estimate of drug-likeness (QED) is 0.706. The molecule has 1 N–H and O–H groups in total. The molecule has 0 amide bonds. The highest BCUT2D eigenvalue weighted by molar-refractivity contribution is 4.97. The molecule has 3 heteroatoms. The SMILES string of the molecule is CCCNCC(C)(C)CN(C)Cc1ccco1. The van der Waals surface area contributed by atoms with E-state index in [1.54, 1.807) is 6.26 Å². The van der Waals surface area contributed by atoms with E-state index in [0.29, 0.717) is 0 Å².